The molecule has 0 aliphatic carbocycles. The zero-order chi connectivity index (χ0) is 21.2. The van der Waals surface area contributed by atoms with Crippen LogP contribution in [-0.2, 0) is 13.1 Å². The van der Waals surface area contributed by atoms with E-state index in [1.165, 1.54) is 27.9 Å². The Hall–Kier alpha value is -4.05. The van der Waals surface area contributed by atoms with E-state index < -0.39 is 5.97 Å². The summed E-state index contributed by atoms with van der Waals surface area (Å²) < 4.78 is 0. The predicted octanol–water partition coefficient (Wildman–Crippen LogP) is 6.32. The van der Waals surface area contributed by atoms with Gasteiger partial charge in [0.1, 0.15) is 0 Å². The molecule has 0 saturated heterocycles. The minimum Gasteiger partial charge on any atom is -0.478 e. The van der Waals surface area contributed by atoms with Gasteiger partial charge in [-0.2, -0.15) is 0 Å². The third-order valence-corrected chi connectivity index (χ3v) is 5.69. The first kappa shape index (κ1) is 18.9. The molecule has 1 heterocycles. The highest BCUT2D eigenvalue weighted by Gasteiger charge is 2.22. The number of fused-ring (bicyclic) bond motifs is 1. The number of para-hydroxylation sites is 2. The molecule has 152 valence electrons. The summed E-state index contributed by atoms with van der Waals surface area (Å²) in [7, 11) is 0. The number of carbonyl (C=O) groups is 1. The summed E-state index contributed by atoms with van der Waals surface area (Å²) in [6, 6.07) is 32.2. The topological polar surface area (TPSA) is 52.6 Å². The maximum Gasteiger partial charge on any atom is 0.337 e. The highest BCUT2D eigenvalue weighted by molar-refractivity contribution is 5.95. The van der Waals surface area contributed by atoms with Crippen LogP contribution in [0.5, 0.6) is 0 Å². The summed E-state index contributed by atoms with van der Waals surface area (Å²) in [5, 5.41) is 12.7. The van der Waals surface area contributed by atoms with Crippen LogP contribution >= 0.6 is 0 Å². The molecule has 5 rings (SSSR count). The van der Waals surface area contributed by atoms with Gasteiger partial charge in [-0.3, -0.25) is 0 Å². The van der Waals surface area contributed by atoms with E-state index in [-0.39, 0.29) is 5.56 Å². The molecule has 1 aliphatic heterocycles. The number of nitrogens with one attached hydrogen (secondary N) is 1. The van der Waals surface area contributed by atoms with Crippen molar-refractivity contribution < 1.29 is 9.90 Å². The van der Waals surface area contributed by atoms with Gasteiger partial charge in [0.2, 0.25) is 0 Å². The standard InChI is InChI=1S/C27H22N2O2/c30-27(31)24-11-4-6-12-25(24)28-22-15-14-20-17-29(18-21(20)16-22)26-13-7-5-10-23(26)19-8-2-1-3-9-19/h1-16,28H,17-18H2,(H,30,31). The van der Waals surface area contributed by atoms with Crippen molar-refractivity contribution in [1.29, 1.82) is 0 Å². The van der Waals surface area contributed by atoms with Crippen LogP contribution in [0.4, 0.5) is 17.1 Å². The van der Waals surface area contributed by atoms with Crippen molar-refractivity contribution in [3.63, 3.8) is 0 Å². The number of anilines is 3. The Labute approximate surface area is 181 Å². The first-order valence-corrected chi connectivity index (χ1v) is 10.3. The highest BCUT2D eigenvalue weighted by atomic mass is 16.4. The van der Waals surface area contributed by atoms with E-state index in [1.807, 2.05) is 18.2 Å². The van der Waals surface area contributed by atoms with Gasteiger partial charge >= 0.3 is 5.97 Å². The van der Waals surface area contributed by atoms with Gasteiger partial charge in [0.25, 0.3) is 0 Å². The van der Waals surface area contributed by atoms with Gasteiger partial charge in [-0.25, -0.2) is 4.79 Å². The highest BCUT2D eigenvalue weighted by Crippen LogP contribution is 2.37. The van der Waals surface area contributed by atoms with Crippen molar-refractivity contribution in [2.75, 3.05) is 10.2 Å². The van der Waals surface area contributed by atoms with Crippen LogP contribution in [0.2, 0.25) is 0 Å². The van der Waals surface area contributed by atoms with Crippen LogP contribution in [0.15, 0.2) is 97.1 Å². The first-order chi connectivity index (χ1) is 15.2. The molecule has 0 atom stereocenters. The number of aromatic carboxylic acids is 1. The van der Waals surface area contributed by atoms with Gasteiger partial charge in [0.05, 0.1) is 11.3 Å². The Morgan fingerprint density at radius 3 is 2.32 bits per heavy atom. The summed E-state index contributed by atoms with van der Waals surface area (Å²) in [6.45, 7) is 1.67. The van der Waals surface area contributed by atoms with E-state index in [0.717, 1.165) is 18.8 Å². The van der Waals surface area contributed by atoms with E-state index in [4.69, 9.17) is 0 Å². The zero-order valence-corrected chi connectivity index (χ0v) is 17.0. The Bertz CT molecular complexity index is 1250. The molecule has 1 aliphatic rings. The summed E-state index contributed by atoms with van der Waals surface area (Å²) in [5.41, 5.74) is 7.95. The molecule has 2 N–H and O–H groups in total. The second-order valence-electron chi connectivity index (χ2n) is 7.70. The van der Waals surface area contributed by atoms with E-state index in [9.17, 15) is 9.90 Å². The summed E-state index contributed by atoms with van der Waals surface area (Å²) in [6.07, 6.45) is 0. The van der Waals surface area contributed by atoms with Crippen LogP contribution in [-0.4, -0.2) is 11.1 Å². The molecule has 0 spiro atoms. The lowest BCUT2D eigenvalue weighted by atomic mass is 10.0. The smallest absolute Gasteiger partial charge is 0.337 e. The molecular formula is C27H22N2O2. The Morgan fingerprint density at radius 1 is 0.774 bits per heavy atom. The van der Waals surface area contributed by atoms with Crippen molar-refractivity contribution in [2.45, 2.75) is 13.1 Å². The second-order valence-corrected chi connectivity index (χ2v) is 7.70. The van der Waals surface area contributed by atoms with Crippen LogP contribution in [0, 0.1) is 0 Å². The Balaban J connectivity index is 1.42. The average molecular weight is 406 g/mol. The number of benzene rings is 4. The van der Waals surface area contributed by atoms with Gasteiger partial charge in [-0.05, 0) is 47.0 Å². The fourth-order valence-electron chi connectivity index (χ4n) is 4.19. The second kappa shape index (κ2) is 8.00. The first-order valence-electron chi connectivity index (χ1n) is 10.3. The predicted molar refractivity (Wildman–Crippen MR) is 125 cm³/mol. The molecule has 0 radical (unpaired) electrons. The number of hydrogen-bond donors (Lipinski definition) is 2. The van der Waals surface area contributed by atoms with E-state index in [2.05, 4.69) is 70.9 Å². The van der Waals surface area contributed by atoms with Crippen molar-refractivity contribution in [1.82, 2.24) is 0 Å². The van der Waals surface area contributed by atoms with Crippen LogP contribution in [0.25, 0.3) is 11.1 Å². The van der Waals surface area contributed by atoms with Crippen molar-refractivity contribution in [2.24, 2.45) is 0 Å². The SMILES string of the molecule is O=C(O)c1ccccc1Nc1ccc2c(c1)CN(c1ccccc1-c1ccccc1)C2. The maximum atomic E-state index is 11.5. The quantitative estimate of drug-likeness (QED) is 0.407. The maximum absolute atomic E-state index is 11.5. The van der Waals surface area contributed by atoms with Crippen LogP contribution in [0.1, 0.15) is 21.5 Å². The zero-order valence-electron chi connectivity index (χ0n) is 17.0. The number of carboxylic acids is 1. The molecule has 4 aromatic rings. The van der Waals surface area contributed by atoms with Gasteiger partial charge < -0.3 is 15.3 Å². The average Bonchev–Trinajstić information content (AvgIpc) is 3.23. The minimum atomic E-state index is -0.937. The normalized spacial score (nSPS) is 12.5. The lowest BCUT2D eigenvalue weighted by Gasteiger charge is -2.21. The third kappa shape index (κ3) is 3.76. The molecule has 4 nitrogen and oxygen atoms in total. The van der Waals surface area contributed by atoms with Crippen molar-refractivity contribution >= 4 is 23.0 Å². The van der Waals surface area contributed by atoms with E-state index >= 15 is 0 Å². The summed E-state index contributed by atoms with van der Waals surface area (Å²) in [4.78, 5) is 13.9. The van der Waals surface area contributed by atoms with E-state index in [0.29, 0.717) is 5.69 Å². The molecule has 0 unspecified atom stereocenters. The number of rotatable bonds is 5. The van der Waals surface area contributed by atoms with Crippen molar-refractivity contribution in [3.8, 4) is 11.1 Å². The molecule has 0 saturated carbocycles. The monoisotopic (exact) mass is 406 g/mol. The fraction of sp³-hybridized carbons (Fsp3) is 0.0741. The lowest BCUT2D eigenvalue weighted by molar-refractivity contribution is 0.0698. The molecular weight excluding hydrogens is 384 g/mol. The molecule has 0 amide bonds. The largest absolute Gasteiger partial charge is 0.478 e. The summed E-state index contributed by atoms with van der Waals surface area (Å²) in [5.74, 6) is -0.937. The van der Waals surface area contributed by atoms with Gasteiger partial charge in [0, 0.05) is 30.0 Å². The molecule has 31 heavy (non-hydrogen) atoms. The molecule has 0 fully saturated rings. The lowest BCUT2D eigenvalue weighted by Crippen LogP contribution is -2.15. The van der Waals surface area contributed by atoms with Gasteiger partial charge in [-0.1, -0.05) is 66.7 Å². The number of carboxylic acid groups (broad SMARTS) is 1. The molecule has 4 aromatic carbocycles. The molecule has 4 heteroatoms. The number of nitrogens with zero attached hydrogens (tertiary/aromatic N) is 1. The van der Waals surface area contributed by atoms with E-state index in [1.54, 1.807) is 18.2 Å². The Morgan fingerprint density at radius 2 is 1.48 bits per heavy atom. The molecule has 0 bridgehead atoms. The minimum absolute atomic E-state index is 0.265. The van der Waals surface area contributed by atoms with Crippen LogP contribution < -0.4 is 10.2 Å². The van der Waals surface area contributed by atoms with Crippen LogP contribution in [0.3, 0.4) is 0 Å². The van der Waals surface area contributed by atoms with Gasteiger partial charge in [-0.15, -0.1) is 0 Å². The van der Waals surface area contributed by atoms with Crippen molar-refractivity contribution in [3.05, 3.63) is 114 Å². The summed E-state index contributed by atoms with van der Waals surface area (Å²) >= 11 is 0. The Kier molecular flexibility index (Phi) is 4.89. The third-order valence-electron chi connectivity index (χ3n) is 5.69. The number of hydrogen-bond acceptors (Lipinski definition) is 3. The van der Waals surface area contributed by atoms with Gasteiger partial charge in [0.15, 0.2) is 0 Å². The fourth-order valence-corrected chi connectivity index (χ4v) is 4.19. The molecule has 0 aromatic heterocycles.